The first-order valence-electron chi connectivity index (χ1n) is 10.5. The van der Waals surface area contributed by atoms with Gasteiger partial charge in [-0.3, -0.25) is 9.36 Å². The molecule has 34 heavy (non-hydrogen) atoms. The van der Waals surface area contributed by atoms with E-state index in [4.69, 9.17) is 14.2 Å². The second kappa shape index (κ2) is 11.1. The average molecular weight is 497 g/mol. The molecule has 0 fully saturated rings. The van der Waals surface area contributed by atoms with Crippen LogP contribution in [0.25, 0.3) is 16.4 Å². The number of thioether (sulfide) groups is 1. The van der Waals surface area contributed by atoms with E-state index in [9.17, 15) is 4.79 Å². The first-order valence-corrected chi connectivity index (χ1v) is 12.4. The number of aromatic nitrogens is 3. The Morgan fingerprint density at radius 3 is 2.38 bits per heavy atom. The fraction of sp³-hybridized carbons (Fsp3) is 0.208. The highest BCUT2D eigenvalue weighted by Gasteiger charge is 2.18. The van der Waals surface area contributed by atoms with E-state index in [0.717, 1.165) is 22.1 Å². The predicted octanol–water partition coefficient (Wildman–Crippen LogP) is 5.14. The smallest absolute Gasteiger partial charge is 0.234 e. The van der Waals surface area contributed by atoms with Crippen LogP contribution < -0.4 is 19.5 Å². The number of rotatable bonds is 10. The summed E-state index contributed by atoms with van der Waals surface area (Å²) in [5.74, 6) is 2.67. The molecule has 0 unspecified atom stereocenters. The third-order valence-corrected chi connectivity index (χ3v) is 6.54. The molecule has 4 rings (SSSR count). The third kappa shape index (κ3) is 5.52. The van der Waals surface area contributed by atoms with Crippen LogP contribution in [-0.4, -0.2) is 47.3 Å². The van der Waals surface area contributed by atoms with Crippen LogP contribution >= 0.6 is 23.1 Å². The number of nitrogens with one attached hydrogen (secondary N) is 1. The molecule has 1 amide bonds. The molecule has 10 heteroatoms. The number of anilines is 1. The Morgan fingerprint density at radius 1 is 1.03 bits per heavy atom. The van der Waals surface area contributed by atoms with Crippen LogP contribution in [0.4, 0.5) is 5.69 Å². The lowest BCUT2D eigenvalue weighted by molar-refractivity contribution is -0.113. The summed E-state index contributed by atoms with van der Waals surface area (Å²) < 4.78 is 18.1. The first-order chi connectivity index (χ1) is 16.6. The van der Waals surface area contributed by atoms with Gasteiger partial charge in [-0.25, -0.2) is 0 Å². The number of methoxy groups -OCH3 is 2. The second-order valence-electron chi connectivity index (χ2n) is 6.98. The van der Waals surface area contributed by atoms with E-state index >= 15 is 0 Å². The van der Waals surface area contributed by atoms with Gasteiger partial charge in [-0.1, -0.05) is 17.8 Å². The number of amides is 1. The summed E-state index contributed by atoms with van der Waals surface area (Å²) in [4.78, 5) is 13.7. The van der Waals surface area contributed by atoms with Gasteiger partial charge in [0.05, 0.1) is 37.1 Å². The van der Waals surface area contributed by atoms with Crippen molar-refractivity contribution in [3.8, 4) is 33.6 Å². The summed E-state index contributed by atoms with van der Waals surface area (Å²) >= 11 is 2.89. The van der Waals surface area contributed by atoms with Crippen molar-refractivity contribution in [2.45, 2.75) is 12.1 Å². The summed E-state index contributed by atoms with van der Waals surface area (Å²) in [5.41, 5.74) is 1.48. The lowest BCUT2D eigenvalue weighted by Gasteiger charge is -2.11. The molecule has 1 N–H and O–H groups in total. The molecule has 0 spiro atoms. The number of hydrogen-bond acceptors (Lipinski definition) is 8. The molecule has 176 valence electrons. The largest absolute Gasteiger partial charge is 0.497 e. The highest BCUT2D eigenvalue weighted by Crippen LogP contribution is 2.31. The molecule has 0 aliphatic carbocycles. The standard InChI is InChI=1S/C24H24N4O4S2/c1-4-32-18-9-7-17(8-10-18)28-23(21-6-5-11-33-21)26-27-24(28)34-15-22(29)25-16-12-19(30-2)14-20(13-16)31-3/h5-14H,4,15H2,1-3H3,(H,25,29). The van der Waals surface area contributed by atoms with Gasteiger partial charge in [0.1, 0.15) is 17.2 Å². The highest BCUT2D eigenvalue weighted by molar-refractivity contribution is 7.99. The summed E-state index contributed by atoms with van der Waals surface area (Å²) in [6, 6.07) is 16.9. The van der Waals surface area contributed by atoms with Crippen LogP contribution in [0.1, 0.15) is 6.92 Å². The maximum absolute atomic E-state index is 12.7. The van der Waals surface area contributed by atoms with Crippen LogP contribution in [0.15, 0.2) is 65.1 Å². The summed E-state index contributed by atoms with van der Waals surface area (Å²) in [7, 11) is 3.13. The van der Waals surface area contributed by atoms with Crippen LogP contribution in [0.5, 0.6) is 17.2 Å². The summed E-state index contributed by atoms with van der Waals surface area (Å²) in [6.45, 7) is 2.55. The van der Waals surface area contributed by atoms with Crippen molar-refractivity contribution in [1.82, 2.24) is 14.8 Å². The van der Waals surface area contributed by atoms with Crippen LogP contribution in [-0.2, 0) is 4.79 Å². The zero-order valence-corrected chi connectivity index (χ0v) is 20.6. The Kier molecular flexibility index (Phi) is 7.71. The molecule has 8 nitrogen and oxygen atoms in total. The molecule has 0 atom stereocenters. The molecule has 0 bridgehead atoms. The summed E-state index contributed by atoms with van der Waals surface area (Å²) in [5, 5.41) is 14.3. The van der Waals surface area contributed by atoms with Gasteiger partial charge in [-0.15, -0.1) is 21.5 Å². The van der Waals surface area contributed by atoms with Gasteiger partial charge in [0, 0.05) is 23.9 Å². The van der Waals surface area contributed by atoms with Crippen LogP contribution in [0, 0.1) is 0 Å². The van der Waals surface area contributed by atoms with E-state index in [1.165, 1.54) is 11.8 Å². The normalized spacial score (nSPS) is 10.7. The number of carbonyl (C=O) groups excluding carboxylic acids is 1. The van der Waals surface area contributed by atoms with E-state index in [1.807, 2.05) is 53.3 Å². The van der Waals surface area contributed by atoms with Crippen molar-refractivity contribution in [2.75, 3.05) is 31.9 Å². The van der Waals surface area contributed by atoms with Crippen molar-refractivity contribution in [1.29, 1.82) is 0 Å². The molecular formula is C24H24N4O4S2. The number of carbonyl (C=O) groups is 1. The lowest BCUT2D eigenvalue weighted by atomic mass is 10.2. The minimum Gasteiger partial charge on any atom is -0.497 e. The van der Waals surface area contributed by atoms with Crippen LogP contribution in [0.3, 0.4) is 0 Å². The van der Waals surface area contributed by atoms with E-state index in [2.05, 4.69) is 15.5 Å². The summed E-state index contributed by atoms with van der Waals surface area (Å²) in [6.07, 6.45) is 0. The SMILES string of the molecule is CCOc1ccc(-n2c(SCC(=O)Nc3cc(OC)cc(OC)c3)nnc2-c2cccs2)cc1. The Bertz CT molecular complexity index is 1220. The molecule has 0 aliphatic rings. The first kappa shape index (κ1) is 23.7. The minimum atomic E-state index is -0.181. The number of benzene rings is 2. The van der Waals surface area contributed by atoms with Crippen molar-refractivity contribution in [2.24, 2.45) is 0 Å². The minimum absolute atomic E-state index is 0.152. The fourth-order valence-corrected chi connectivity index (χ4v) is 4.68. The topological polar surface area (TPSA) is 87.5 Å². The maximum Gasteiger partial charge on any atom is 0.234 e. The number of hydrogen-bond donors (Lipinski definition) is 1. The predicted molar refractivity (Wildman–Crippen MR) is 135 cm³/mol. The second-order valence-corrected chi connectivity index (χ2v) is 8.87. The van der Waals surface area contributed by atoms with Crippen molar-refractivity contribution < 1.29 is 19.0 Å². The zero-order chi connectivity index (χ0) is 23.9. The highest BCUT2D eigenvalue weighted by atomic mass is 32.2. The van der Waals surface area contributed by atoms with Gasteiger partial charge < -0.3 is 19.5 Å². The van der Waals surface area contributed by atoms with E-state index in [-0.39, 0.29) is 11.7 Å². The number of thiophene rings is 1. The Morgan fingerprint density at radius 2 is 1.76 bits per heavy atom. The van der Waals surface area contributed by atoms with Gasteiger partial charge in [-0.2, -0.15) is 0 Å². The number of ether oxygens (including phenoxy) is 3. The van der Waals surface area contributed by atoms with E-state index < -0.39 is 0 Å². The third-order valence-electron chi connectivity index (χ3n) is 4.75. The van der Waals surface area contributed by atoms with Gasteiger partial charge >= 0.3 is 0 Å². The van der Waals surface area contributed by atoms with E-state index in [1.54, 1.807) is 43.8 Å². The fourth-order valence-electron chi connectivity index (χ4n) is 3.23. The molecule has 4 aromatic rings. The quantitative estimate of drug-likeness (QED) is 0.304. The molecule has 2 aromatic heterocycles. The van der Waals surface area contributed by atoms with Gasteiger partial charge in [0.2, 0.25) is 5.91 Å². The van der Waals surface area contributed by atoms with Crippen molar-refractivity contribution in [3.63, 3.8) is 0 Å². The Labute approximate surface area is 205 Å². The van der Waals surface area contributed by atoms with Crippen molar-refractivity contribution in [3.05, 3.63) is 60.0 Å². The zero-order valence-electron chi connectivity index (χ0n) is 19.0. The Balaban J connectivity index is 1.54. The average Bonchev–Trinajstić information content (AvgIpc) is 3.53. The monoisotopic (exact) mass is 496 g/mol. The molecule has 2 heterocycles. The molecule has 0 radical (unpaired) electrons. The molecule has 0 saturated carbocycles. The lowest BCUT2D eigenvalue weighted by Crippen LogP contribution is -2.14. The van der Waals surface area contributed by atoms with Gasteiger partial charge in [0.15, 0.2) is 11.0 Å². The molecular weight excluding hydrogens is 472 g/mol. The van der Waals surface area contributed by atoms with Crippen LogP contribution in [0.2, 0.25) is 0 Å². The number of nitrogens with zero attached hydrogens (tertiary/aromatic N) is 3. The maximum atomic E-state index is 12.7. The molecule has 0 aliphatic heterocycles. The molecule has 2 aromatic carbocycles. The van der Waals surface area contributed by atoms with E-state index in [0.29, 0.717) is 28.9 Å². The van der Waals surface area contributed by atoms with Gasteiger partial charge in [0.25, 0.3) is 0 Å². The molecule has 0 saturated heterocycles. The Hall–Kier alpha value is -3.50. The van der Waals surface area contributed by atoms with Gasteiger partial charge in [-0.05, 0) is 42.6 Å². The van der Waals surface area contributed by atoms with Crippen molar-refractivity contribution >= 4 is 34.7 Å².